The summed E-state index contributed by atoms with van der Waals surface area (Å²) >= 11 is 12.8. The zero-order chi connectivity index (χ0) is 16.7. The number of methoxy groups -OCH3 is 1. The van der Waals surface area contributed by atoms with Crippen LogP contribution in [-0.4, -0.2) is 11.7 Å². The average Bonchev–Trinajstić information content (AvgIpc) is 2.85. The van der Waals surface area contributed by atoms with Gasteiger partial charge >= 0.3 is 0 Å². The highest BCUT2D eigenvalue weighted by molar-refractivity contribution is 6.38. The van der Waals surface area contributed by atoms with E-state index in [-0.39, 0.29) is 0 Å². The molecule has 0 aliphatic heterocycles. The number of anilines is 1. The normalized spacial score (nSPS) is 11.4. The molecule has 0 aliphatic carbocycles. The van der Waals surface area contributed by atoms with Gasteiger partial charge in [0.25, 0.3) is 0 Å². The number of benzene rings is 2. The largest absolute Gasteiger partial charge is 0.497 e. The van der Waals surface area contributed by atoms with Crippen molar-refractivity contribution in [1.82, 2.24) is 4.57 Å². The van der Waals surface area contributed by atoms with Crippen LogP contribution in [-0.2, 0) is 0 Å². The minimum absolute atomic E-state index is 0.359. The number of rotatable bonds is 3. The molecule has 1 aromatic heterocycles. The second-order valence-corrected chi connectivity index (χ2v) is 6.64. The van der Waals surface area contributed by atoms with Crippen LogP contribution in [0.1, 0.15) is 25.3 Å². The predicted octanol–water partition coefficient (Wildman–Crippen LogP) is 5.65. The number of fused-ring (bicyclic) bond motifs is 1. The summed E-state index contributed by atoms with van der Waals surface area (Å²) in [6, 6.07) is 9.42. The van der Waals surface area contributed by atoms with E-state index >= 15 is 0 Å². The predicted molar refractivity (Wildman–Crippen MR) is 98.3 cm³/mol. The Bertz CT molecular complexity index is 861. The number of hydrogen-bond donors (Lipinski definition) is 1. The molecule has 0 saturated heterocycles. The third-order valence-corrected chi connectivity index (χ3v) is 4.52. The maximum Gasteiger partial charge on any atom is 0.119 e. The van der Waals surface area contributed by atoms with E-state index in [1.165, 1.54) is 5.56 Å². The molecule has 0 atom stereocenters. The van der Waals surface area contributed by atoms with Crippen molar-refractivity contribution in [3.8, 4) is 11.4 Å². The molecule has 3 rings (SSSR count). The number of nitrogens with two attached hydrogens (primary N) is 1. The van der Waals surface area contributed by atoms with Crippen molar-refractivity contribution in [2.75, 3.05) is 12.8 Å². The van der Waals surface area contributed by atoms with E-state index in [0.717, 1.165) is 22.3 Å². The van der Waals surface area contributed by atoms with Crippen LogP contribution in [0.3, 0.4) is 0 Å². The van der Waals surface area contributed by atoms with Crippen molar-refractivity contribution in [3.63, 3.8) is 0 Å². The van der Waals surface area contributed by atoms with Crippen molar-refractivity contribution in [3.05, 3.63) is 52.1 Å². The van der Waals surface area contributed by atoms with Crippen LogP contribution >= 0.6 is 23.2 Å². The monoisotopic (exact) mass is 348 g/mol. The first-order chi connectivity index (χ1) is 10.9. The van der Waals surface area contributed by atoms with Crippen molar-refractivity contribution < 1.29 is 4.74 Å². The summed E-state index contributed by atoms with van der Waals surface area (Å²) in [6.07, 6.45) is 2.08. The van der Waals surface area contributed by atoms with Gasteiger partial charge in [0.05, 0.1) is 28.4 Å². The Labute approximate surface area is 145 Å². The van der Waals surface area contributed by atoms with E-state index in [9.17, 15) is 0 Å². The third-order valence-electron chi connectivity index (χ3n) is 3.94. The molecule has 2 N–H and O–H groups in total. The van der Waals surface area contributed by atoms with Gasteiger partial charge in [0, 0.05) is 17.3 Å². The van der Waals surface area contributed by atoms with E-state index in [4.69, 9.17) is 33.7 Å². The van der Waals surface area contributed by atoms with E-state index in [1.807, 2.05) is 22.8 Å². The number of hydrogen-bond acceptors (Lipinski definition) is 2. The molecule has 0 amide bonds. The SMILES string of the molecule is COc1ccc2c(c1)c(C(C)C)cn2-c1c(Cl)cc(N)cc1Cl. The molecular formula is C18H18Cl2N2O. The Morgan fingerprint density at radius 2 is 1.74 bits per heavy atom. The Morgan fingerprint density at radius 1 is 1.09 bits per heavy atom. The van der Waals surface area contributed by atoms with Crippen molar-refractivity contribution in [2.24, 2.45) is 0 Å². The number of ether oxygens (including phenoxy) is 1. The van der Waals surface area contributed by atoms with Crippen LogP contribution in [0.2, 0.25) is 10.0 Å². The highest BCUT2D eigenvalue weighted by Gasteiger charge is 2.17. The Hall–Kier alpha value is -1.84. The molecule has 0 fully saturated rings. The quantitative estimate of drug-likeness (QED) is 0.621. The number of aromatic nitrogens is 1. The summed E-state index contributed by atoms with van der Waals surface area (Å²) < 4.78 is 7.38. The van der Waals surface area contributed by atoms with Crippen LogP contribution in [0.15, 0.2) is 36.5 Å². The smallest absolute Gasteiger partial charge is 0.119 e. The average molecular weight is 349 g/mol. The fourth-order valence-electron chi connectivity index (χ4n) is 2.82. The van der Waals surface area contributed by atoms with Gasteiger partial charge < -0.3 is 15.0 Å². The summed E-state index contributed by atoms with van der Waals surface area (Å²) in [7, 11) is 1.67. The van der Waals surface area contributed by atoms with E-state index < -0.39 is 0 Å². The van der Waals surface area contributed by atoms with Crippen LogP contribution < -0.4 is 10.5 Å². The highest BCUT2D eigenvalue weighted by Crippen LogP contribution is 2.37. The third kappa shape index (κ3) is 2.75. The zero-order valence-electron chi connectivity index (χ0n) is 13.2. The molecule has 120 valence electrons. The fourth-order valence-corrected chi connectivity index (χ4v) is 3.51. The lowest BCUT2D eigenvalue weighted by atomic mass is 10.0. The first kappa shape index (κ1) is 16.0. The van der Waals surface area contributed by atoms with Gasteiger partial charge in [-0.25, -0.2) is 0 Å². The van der Waals surface area contributed by atoms with Gasteiger partial charge in [-0.2, -0.15) is 0 Å². The topological polar surface area (TPSA) is 40.2 Å². The van der Waals surface area contributed by atoms with Gasteiger partial charge in [-0.3, -0.25) is 0 Å². The number of nitrogens with zero attached hydrogens (tertiary/aromatic N) is 1. The van der Waals surface area contributed by atoms with E-state index in [2.05, 4.69) is 20.0 Å². The molecule has 0 radical (unpaired) electrons. The second kappa shape index (κ2) is 5.99. The molecule has 2 aromatic carbocycles. The van der Waals surface area contributed by atoms with Crippen molar-refractivity contribution in [1.29, 1.82) is 0 Å². The molecular weight excluding hydrogens is 331 g/mol. The molecule has 1 heterocycles. The van der Waals surface area contributed by atoms with Gasteiger partial charge in [0.2, 0.25) is 0 Å². The highest BCUT2D eigenvalue weighted by atomic mass is 35.5. The zero-order valence-corrected chi connectivity index (χ0v) is 14.7. The fraction of sp³-hybridized carbons (Fsp3) is 0.222. The summed E-state index contributed by atoms with van der Waals surface area (Å²) in [4.78, 5) is 0. The Morgan fingerprint density at radius 3 is 2.30 bits per heavy atom. The lowest BCUT2D eigenvalue weighted by Crippen LogP contribution is -1.97. The van der Waals surface area contributed by atoms with Gasteiger partial charge in [-0.05, 0) is 41.8 Å². The summed E-state index contributed by atoms with van der Waals surface area (Å²) in [5.74, 6) is 1.18. The standard InChI is InChI=1S/C18H18Cl2N2O/c1-10(2)14-9-22(17-5-4-12(23-3)8-13(14)17)18-15(19)6-11(21)7-16(18)20/h4-10H,21H2,1-3H3. The lowest BCUT2D eigenvalue weighted by Gasteiger charge is -2.11. The maximum absolute atomic E-state index is 6.41. The van der Waals surface area contributed by atoms with Crippen molar-refractivity contribution in [2.45, 2.75) is 19.8 Å². The van der Waals surface area contributed by atoms with Crippen LogP contribution in [0.25, 0.3) is 16.6 Å². The first-order valence-electron chi connectivity index (χ1n) is 7.36. The minimum Gasteiger partial charge on any atom is -0.497 e. The molecule has 3 aromatic rings. The van der Waals surface area contributed by atoms with Gasteiger partial charge in [0.1, 0.15) is 5.75 Å². The molecule has 3 nitrogen and oxygen atoms in total. The molecule has 0 aliphatic rings. The summed E-state index contributed by atoms with van der Waals surface area (Å²) in [5, 5.41) is 2.18. The van der Waals surface area contributed by atoms with E-state index in [1.54, 1.807) is 19.2 Å². The molecule has 0 spiro atoms. The van der Waals surface area contributed by atoms with Crippen molar-refractivity contribution >= 4 is 39.8 Å². The van der Waals surface area contributed by atoms with Crippen LogP contribution in [0, 0.1) is 0 Å². The van der Waals surface area contributed by atoms with Gasteiger partial charge in [0.15, 0.2) is 0 Å². The van der Waals surface area contributed by atoms with Crippen LogP contribution in [0.4, 0.5) is 5.69 Å². The molecule has 0 bridgehead atoms. The van der Waals surface area contributed by atoms with Gasteiger partial charge in [-0.1, -0.05) is 37.0 Å². The lowest BCUT2D eigenvalue weighted by molar-refractivity contribution is 0.415. The van der Waals surface area contributed by atoms with E-state index in [0.29, 0.717) is 21.7 Å². The Balaban J connectivity index is 2.35. The number of nitrogen functional groups attached to an aromatic ring is 1. The second-order valence-electron chi connectivity index (χ2n) is 5.83. The maximum atomic E-state index is 6.41. The van der Waals surface area contributed by atoms with Crippen LogP contribution in [0.5, 0.6) is 5.75 Å². The molecule has 5 heteroatoms. The molecule has 0 unspecified atom stereocenters. The molecule has 0 saturated carbocycles. The molecule has 23 heavy (non-hydrogen) atoms. The Kier molecular flexibility index (Phi) is 4.17. The first-order valence-corrected chi connectivity index (χ1v) is 8.12. The summed E-state index contributed by atoms with van der Waals surface area (Å²) in [6.45, 7) is 4.32. The van der Waals surface area contributed by atoms with Gasteiger partial charge in [-0.15, -0.1) is 0 Å². The summed E-state index contributed by atoms with van der Waals surface area (Å²) in [5.41, 5.74) is 9.34. The minimum atomic E-state index is 0.359. The number of halogens is 2.